The first-order valence-electron chi connectivity index (χ1n) is 7.35. The molecule has 1 aliphatic rings. The molecule has 1 amide bonds. The molecular weight excluding hydrogens is 396 g/mol. The second kappa shape index (κ2) is 7.20. The Labute approximate surface area is 150 Å². The lowest BCUT2D eigenvalue weighted by atomic mass is 9.96. The van der Waals surface area contributed by atoms with E-state index in [1.807, 2.05) is 0 Å². The topological polar surface area (TPSA) is 92.3 Å². The number of furan rings is 1. The Kier molecular flexibility index (Phi) is 5.02. The third-order valence-electron chi connectivity index (χ3n) is 3.64. The molecule has 0 bridgehead atoms. The van der Waals surface area contributed by atoms with Gasteiger partial charge >= 0.3 is 5.97 Å². The van der Waals surface area contributed by atoms with Crippen LogP contribution in [0, 0.1) is 11.3 Å². The van der Waals surface area contributed by atoms with E-state index in [4.69, 9.17) is 9.15 Å². The molecule has 0 fully saturated rings. The highest BCUT2D eigenvalue weighted by atomic mass is 79.9. The average Bonchev–Trinajstić information content (AvgIpc) is 3.15. The van der Waals surface area contributed by atoms with E-state index in [1.165, 1.54) is 17.4 Å². The molecule has 6 nitrogen and oxygen atoms in total. The van der Waals surface area contributed by atoms with Gasteiger partial charge in [0.25, 0.3) is 5.91 Å². The van der Waals surface area contributed by atoms with Crippen LogP contribution in [-0.4, -0.2) is 18.5 Å². The Morgan fingerprint density at radius 2 is 2.17 bits per heavy atom. The molecule has 0 aromatic carbocycles. The molecule has 2 heterocycles. The smallest absolute Gasteiger partial charge is 0.374 e. The highest BCUT2D eigenvalue weighted by molar-refractivity contribution is 9.10. The fourth-order valence-electron chi connectivity index (χ4n) is 2.56. The monoisotopic (exact) mass is 408 g/mol. The number of ether oxygens (including phenoxy) is 1. The third-order valence-corrected chi connectivity index (χ3v) is 5.28. The number of halogens is 1. The van der Waals surface area contributed by atoms with Crippen LogP contribution in [-0.2, 0) is 22.4 Å². The lowest BCUT2D eigenvalue weighted by Gasteiger charge is -2.09. The molecule has 0 radical (unpaired) electrons. The standard InChI is InChI=1S/C16H13BrN2O4S/c17-13-6-5-11(23-13)16(21)22-8-14(20)19-15-10(7-18)9-3-1-2-4-12(9)24-15/h5-6H,1-4,8H2,(H,19,20). The van der Waals surface area contributed by atoms with Crippen LogP contribution in [0.15, 0.2) is 21.2 Å². The van der Waals surface area contributed by atoms with Crippen molar-refractivity contribution >= 4 is 44.1 Å². The molecule has 0 unspecified atom stereocenters. The summed E-state index contributed by atoms with van der Waals surface area (Å²) in [5, 5.41) is 12.6. The molecule has 0 saturated heterocycles. The molecular formula is C16H13BrN2O4S. The van der Waals surface area contributed by atoms with Gasteiger partial charge in [-0.1, -0.05) is 0 Å². The van der Waals surface area contributed by atoms with E-state index in [0.717, 1.165) is 36.1 Å². The highest BCUT2D eigenvalue weighted by Gasteiger charge is 2.22. The number of carbonyl (C=O) groups excluding carboxylic acids is 2. The van der Waals surface area contributed by atoms with Crippen molar-refractivity contribution in [1.82, 2.24) is 0 Å². The number of amides is 1. The van der Waals surface area contributed by atoms with Gasteiger partial charge in [-0.25, -0.2) is 4.79 Å². The Morgan fingerprint density at radius 3 is 2.88 bits per heavy atom. The SMILES string of the molecule is N#Cc1c(NC(=O)COC(=O)c2ccc(Br)o2)sc2c1CCCC2. The zero-order chi connectivity index (χ0) is 17.1. The van der Waals surface area contributed by atoms with Gasteiger partial charge in [0.05, 0.1) is 5.56 Å². The number of thiophene rings is 1. The Balaban J connectivity index is 1.62. The van der Waals surface area contributed by atoms with Gasteiger partial charge in [-0.3, -0.25) is 4.79 Å². The number of fused-ring (bicyclic) bond motifs is 1. The maximum absolute atomic E-state index is 12.0. The van der Waals surface area contributed by atoms with Gasteiger partial charge in [0.15, 0.2) is 11.3 Å². The molecule has 0 atom stereocenters. The van der Waals surface area contributed by atoms with Crippen LogP contribution in [0.4, 0.5) is 5.00 Å². The lowest BCUT2D eigenvalue weighted by Crippen LogP contribution is -2.20. The number of nitrogens with one attached hydrogen (secondary N) is 1. The van der Waals surface area contributed by atoms with Crippen molar-refractivity contribution in [3.05, 3.63) is 38.6 Å². The summed E-state index contributed by atoms with van der Waals surface area (Å²) < 4.78 is 10.4. The van der Waals surface area contributed by atoms with Gasteiger partial charge in [0.1, 0.15) is 11.1 Å². The van der Waals surface area contributed by atoms with E-state index in [-0.39, 0.29) is 5.76 Å². The average molecular weight is 409 g/mol. The molecule has 124 valence electrons. The van der Waals surface area contributed by atoms with E-state index in [0.29, 0.717) is 15.2 Å². The molecule has 8 heteroatoms. The van der Waals surface area contributed by atoms with E-state index in [1.54, 1.807) is 6.07 Å². The minimum Gasteiger partial charge on any atom is -0.450 e. The van der Waals surface area contributed by atoms with Gasteiger partial charge < -0.3 is 14.5 Å². The van der Waals surface area contributed by atoms with Crippen LogP contribution < -0.4 is 5.32 Å². The van der Waals surface area contributed by atoms with Crippen LogP contribution in [0.2, 0.25) is 0 Å². The summed E-state index contributed by atoms with van der Waals surface area (Å²) in [5.41, 5.74) is 1.57. The van der Waals surface area contributed by atoms with Crippen molar-refractivity contribution in [3.8, 4) is 6.07 Å². The van der Waals surface area contributed by atoms with Crippen molar-refractivity contribution in [2.75, 3.05) is 11.9 Å². The molecule has 0 aliphatic heterocycles. The minimum absolute atomic E-state index is 0.0129. The number of rotatable bonds is 4. The summed E-state index contributed by atoms with van der Waals surface area (Å²) in [7, 11) is 0. The van der Waals surface area contributed by atoms with E-state index in [9.17, 15) is 14.9 Å². The lowest BCUT2D eigenvalue weighted by molar-refractivity contribution is -0.119. The zero-order valence-electron chi connectivity index (χ0n) is 12.6. The van der Waals surface area contributed by atoms with Crippen molar-refractivity contribution in [3.63, 3.8) is 0 Å². The largest absolute Gasteiger partial charge is 0.450 e. The van der Waals surface area contributed by atoms with E-state index >= 15 is 0 Å². The van der Waals surface area contributed by atoms with Crippen molar-refractivity contribution in [2.24, 2.45) is 0 Å². The summed E-state index contributed by atoms with van der Waals surface area (Å²) in [6.45, 7) is -0.440. The number of hydrogen-bond donors (Lipinski definition) is 1. The number of nitriles is 1. The summed E-state index contributed by atoms with van der Waals surface area (Å²) in [6, 6.07) is 5.18. The van der Waals surface area contributed by atoms with Crippen LogP contribution in [0.1, 0.15) is 39.4 Å². The molecule has 24 heavy (non-hydrogen) atoms. The first-order chi connectivity index (χ1) is 11.6. The molecule has 0 spiro atoms. The number of aryl methyl sites for hydroxylation is 1. The normalized spacial score (nSPS) is 13.0. The summed E-state index contributed by atoms with van der Waals surface area (Å²) in [6.07, 6.45) is 3.96. The van der Waals surface area contributed by atoms with Gasteiger partial charge in [0.2, 0.25) is 5.76 Å². The Bertz CT molecular complexity index is 834. The molecule has 1 aliphatic carbocycles. The van der Waals surface area contributed by atoms with E-state index in [2.05, 4.69) is 27.3 Å². The van der Waals surface area contributed by atoms with Gasteiger partial charge in [-0.2, -0.15) is 5.26 Å². The van der Waals surface area contributed by atoms with Crippen LogP contribution >= 0.6 is 27.3 Å². The molecule has 1 N–H and O–H groups in total. The van der Waals surface area contributed by atoms with Gasteiger partial charge in [-0.15, -0.1) is 11.3 Å². The Morgan fingerprint density at radius 1 is 1.38 bits per heavy atom. The third kappa shape index (κ3) is 3.52. The molecule has 2 aromatic heterocycles. The Hall–Kier alpha value is -2.11. The predicted molar refractivity (Wildman–Crippen MR) is 91.0 cm³/mol. The van der Waals surface area contributed by atoms with Crippen molar-refractivity contribution < 1.29 is 18.7 Å². The fraction of sp³-hybridized carbons (Fsp3) is 0.312. The van der Waals surface area contributed by atoms with Crippen LogP contribution in [0.25, 0.3) is 0 Å². The number of anilines is 1. The van der Waals surface area contributed by atoms with E-state index < -0.39 is 18.5 Å². The van der Waals surface area contributed by atoms with Crippen LogP contribution in [0.3, 0.4) is 0 Å². The second-order valence-corrected chi connectivity index (χ2v) is 7.14. The number of carbonyl (C=O) groups is 2. The molecule has 2 aromatic rings. The zero-order valence-corrected chi connectivity index (χ0v) is 15.0. The number of esters is 1. The van der Waals surface area contributed by atoms with Crippen molar-refractivity contribution in [2.45, 2.75) is 25.7 Å². The fourth-order valence-corrected chi connectivity index (χ4v) is 4.12. The minimum atomic E-state index is -0.721. The van der Waals surface area contributed by atoms with Gasteiger partial charge in [-0.05, 0) is 59.3 Å². The summed E-state index contributed by atoms with van der Waals surface area (Å²) in [4.78, 5) is 24.9. The molecule has 0 saturated carbocycles. The predicted octanol–water partition coefficient (Wildman–Crippen LogP) is 3.65. The summed E-state index contributed by atoms with van der Waals surface area (Å²) >= 11 is 4.51. The quantitative estimate of drug-likeness (QED) is 0.779. The maximum Gasteiger partial charge on any atom is 0.374 e. The van der Waals surface area contributed by atoms with Crippen molar-refractivity contribution in [1.29, 1.82) is 5.26 Å². The maximum atomic E-state index is 12.0. The number of nitrogens with zero attached hydrogens (tertiary/aromatic N) is 1. The second-order valence-electron chi connectivity index (χ2n) is 5.25. The molecule has 3 rings (SSSR count). The first-order valence-corrected chi connectivity index (χ1v) is 8.96. The number of hydrogen-bond acceptors (Lipinski definition) is 6. The van der Waals surface area contributed by atoms with Gasteiger partial charge in [0, 0.05) is 4.88 Å². The van der Waals surface area contributed by atoms with Crippen LogP contribution in [0.5, 0.6) is 0 Å². The highest BCUT2D eigenvalue weighted by Crippen LogP contribution is 2.37. The summed E-state index contributed by atoms with van der Waals surface area (Å²) in [5.74, 6) is -1.19. The first kappa shape index (κ1) is 16.7.